The van der Waals surface area contributed by atoms with Gasteiger partial charge in [0.2, 0.25) is 0 Å². The lowest BCUT2D eigenvalue weighted by molar-refractivity contribution is 0.0729. The Morgan fingerprint density at radius 2 is 1.71 bits per heavy atom. The molecule has 1 aliphatic heterocycles. The number of carbonyl (C=O) groups is 1. The van der Waals surface area contributed by atoms with Gasteiger partial charge in [-0.15, -0.1) is 12.4 Å². The summed E-state index contributed by atoms with van der Waals surface area (Å²) in [7, 11) is 4.06. The van der Waals surface area contributed by atoms with Crippen LogP contribution < -0.4 is 0 Å². The molecule has 31 heavy (non-hydrogen) atoms. The highest BCUT2D eigenvalue weighted by atomic mass is 35.5. The fourth-order valence-corrected chi connectivity index (χ4v) is 4.65. The third-order valence-electron chi connectivity index (χ3n) is 6.28. The van der Waals surface area contributed by atoms with Crippen LogP contribution in [0.5, 0.6) is 0 Å². The third kappa shape index (κ3) is 4.56. The first kappa shape index (κ1) is 21.7. The second-order valence-corrected chi connectivity index (χ2v) is 8.86. The van der Waals surface area contributed by atoms with Crippen molar-refractivity contribution in [3.63, 3.8) is 0 Å². The normalized spacial score (nSPS) is 19.6. The summed E-state index contributed by atoms with van der Waals surface area (Å²) < 4.78 is 5.97. The Morgan fingerprint density at radius 3 is 2.39 bits per heavy atom. The zero-order chi connectivity index (χ0) is 20.7. The maximum Gasteiger partial charge on any atom is 0.254 e. The molecule has 0 saturated heterocycles. The van der Waals surface area contributed by atoms with E-state index in [1.54, 1.807) is 0 Å². The van der Waals surface area contributed by atoms with Crippen LogP contribution in [0.4, 0.5) is 0 Å². The minimum atomic E-state index is 0. The number of fused-ring (bicyclic) bond motifs is 1. The van der Waals surface area contributed by atoms with Crippen LogP contribution in [0.15, 0.2) is 65.1 Å². The Morgan fingerprint density at radius 1 is 1.03 bits per heavy atom. The molecule has 2 atom stereocenters. The van der Waals surface area contributed by atoms with Gasteiger partial charge >= 0.3 is 0 Å². The molecule has 5 rings (SSSR count). The van der Waals surface area contributed by atoms with Crippen LogP contribution in [0.1, 0.15) is 56.8 Å². The standard InChI is InChI=1S/C26H28N2O2.ClH/c1-27(2)17-22-14-21-16-28(13-12-25(21)30-22)26(29)20-10-8-19(9-11-20)24-15-23(24)18-6-4-3-5-7-18;/h3-11,14,23-24H,12-13,15-17H2,1-2H3;1H. The number of benzene rings is 2. The summed E-state index contributed by atoms with van der Waals surface area (Å²) in [5, 5.41) is 0. The quantitative estimate of drug-likeness (QED) is 0.549. The monoisotopic (exact) mass is 436 g/mol. The van der Waals surface area contributed by atoms with Crippen molar-refractivity contribution in [3.8, 4) is 0 Å². The Kier molecular flexibility index (Phi) is 6.22. The van der Waals surface area contributed by atoms with Crippen molar-refractivity contribution < 1.29 is 9.21 Å². The Hall–Kier alpha value is -2.56. The molecule has 1 amide bonds. The van der Waals surface area contributed by atoms with E-state index >= 15 is 0 Å². The highest BCUT2D eigenvalue weighted by Gasteiger charge is 2.39. The number of carbonyl (C=O) groups excluding carboxylic acids is 1. The predicted molar refractivity (Wildman–Crippen MR) is 125 cm³/mol. The first-order valence-corrected chi connectivity index (χ1v) is 10.8. The fraction of sp³-hybridized carbons (Fsp3) is 0.346. The van der Waals surface area contributed by atoms with Crippen molar-refractivity contribution in [1.82, 2.24) is 9.80 Å². The number of nitrogens with zero attached hydrogens (tertiary/aromatic N) is 2. The van der Waals surface area contributed by atoms with Gasteiger partial charge < -0.3 is 14.2 Å². The number of hydrogen-bond acceptors (Lipinski definition) is 3. The maximum absolute atomic E-state index is 13.1. The largest absolute Gasteiger partial charge is 0.464 e. The number of halogens is 1. The van der Waals surface area contributed by atoms with E-state index in [9.17, 15) is 4.79 Å². The molecule has 0 spiro atoms. The predicted octanol–water partition coefficient (Wildman–Crippen LogP) is 5.23. The first-order chi connectivity index (χ1) is 14.6. The van der Waals surface area contributed by atoms with Crippen molar-refractivity contribution in [1.29, 1.82) is 0 Å². The summed E-state index contributed by atoms with van der Waals surface area (Å²) >= 11 is 0. The molecule has 2 unspecified atom stereocenters. The molecule has 4 nitrogen and oxygen atoms in total. The van der Waals surface area contributed by atoms with Crippen molar-refractivity contribution in [2.45, 2.75) is 37.8 Å². The van der Waals surface area contributed by atoms with Crippen LogP contribution in [-0.2, 0) is 19.5 Å². The zero-order valence-corrected chi connectivity index (χ0v) is 18.9. The van der Waals surface area contributed by atoms with Gasteiger partial charge in [0.1, 0.15) is 11.5 Å². The van der Waals surface area contributed by atoms with E-state index < -0.39 is 0 Å². The smallest absolute Gasteiger partial charge is 0.254 e. The average Bonchev–Trinajstić information content (AvgIpc) is 3.46. The molecule has 1 saturated carbocycles. The number of amides is 1. The molecule has 0 bridgehead atoms. The minimum Gasteiger partial charge on any atom is -0.464 e. The van der Waals surface area contributed by atoms with Gasteiger partial charge in [0.15, 0.2) is 0 Å². The van der Waals surface area contributed by atoms with Crippen LogP contribution in [0.3, 0.4) is 0 Å². The third-order valence-corrected chi connectivity index (χ3v) is 6.28. The van der Waals surface area contributed by atoms with Gasteiger partial charge in [-0.3, -0.25) is 4.79 Å². The second-order valence-electron chi connectivity index (χ2n) is 8.86. The van der Waals surface area contributed by atoms with Gasteiger partial charge in [0, 0.05) is 30.6 Å². The molecule has 2 aliphatic rings. The first-order valence-electron chi connectivity index (χ1n) is 10.8. The van der Waals surface area contributed by atoms with E-state index in [0.717, 1.165) is 35.6 Å². The lowest BCUT2D eigenvalue weighted by atomic mass is 10.0. The molecule has 1 fully saturated rings. The molecule has 2 aromatic carbocycles. The van der Waals surface area contributed by atoms with Crippen molar-refractivity contribution in [2.24, 2.45) is 0 Å². The van der Waals surface area contributed by atoms with E-state index in [-0.39, 0.29) is 18.3 Å². The lowest BCUT2D eigenvalue weighted by Gasteiger charge is -2.26. The van der Waals surface area contributed by atoms with Gasteiger partial charge in [-0.1, -0.05) is 42.5 Å². The van der Waals surface area contributed by atoms with Crippen LogP contribution >= 0.6 is 12.4 Å². The van der Waals surface area contributed by atoms with Crippen LogP contribution in [0.25, 0.3) is 0 Å². The summed E-state index contributed by atoms with van der Waals surface area (Å²) in [5.41, 5.74) is 4.67. The average molecular weight is 437 g/mol. The number of hydrogen-bond donors (Lipinski definition) is 0. The zero-order valence-electron chi connectivity index (χ0n) is 18.1. The van der Waals surface area contributed by atoms with Gasteiger partial charge in [-0.05, 0) is 61.7 Å². The molecule has 162 valence electrons. The molecule has 0 N–H and O–H groups in total. The molecular weight excluding hydrogens is 408 g/mol. The van der Waals surface area contributed by atoms with Crippen molar-refractivity contribution in [2.75, 3.05) is 20.6 Å². The SMILES string of the molecule is CN(C)Cc1cc2c(o1)CCN(C(=O)c1ccc(C3CC3c3ccccc3)cc1)C2.Cl. The van der Waals surface area contributed by atoms with E-state index in [2.05, 4.69) is 53.4 Å². The van der Waals surface area contributed by atoms with Gasteiger partial charge in [0.25, 0.3) is 5.91 Å². The van der Waals surface area contributed by atoms with Gasteiger partial charge in [-0.2, -0.15) is 0 Å². The summed E-state index contributed by atoms with van der Waals surface area (Å²) in [6.07, 6.45) is 1.98. The van der Waals surface area contributed by atoms with Crippen molar-refractivity contribution in [3.05, 3.63) is 94.4 Å². The Balaban J connectivity index is 0.00000231. The Labute approximate surface area is 190 Å². The van der Waals surface area contributed by atoms with E-state index in [0.29, 0.717) is 24.9 Å². The van der Waals surface area contributed by atoms with E-state index in [1.807, 2.05) is 31.1 Å². The molecule has 2 heterocycles. The fourth-order valence-electron chi connectivity index (χ4n) is 4.65. The summed E-state index contributed by atoms with van der Waals surface area (Å²) in [5.74, 6) is 3.31. The number of furan rings is 1. The molecular formula is C26H29ClN2O2. The molecule has 1 aromatic heterocycles. The van der Waals surface area contributed by atoms with E-state index in [4.69, 9.17) is 4.42 Å². The molecule has 1 aliphatic carbocycles. The maximum atomic E-state index is 13.1. The van der Waals surface area contributed by atoms with Gasteiger partial charge in [0.05, 0.1) is 6.54 Å². The summed E-state index contributed by atoms with van der Waals surface area (Å²) in [6, 6.07) is 21.1. The van der Waals surface area contributed by atoms with Crippen molar-refractivity contribution >= 4 is 18.3 Å². The van der Waals surface area contributed by atoms with Crippen LogP contribution in [0, 0.1) is 0 Å². The van der Waals surface area contributed by atoms with E-state index in [1.165, 1.54) is 17.5 Å². The second kappa shape index (κ2) is 8.89. The molecule has 3 aromatic rings. The summed E-state index contributed by atoms with van der Waals surface area (Å²) in [6.45, 7) is 2.13. The number of rotatable bonds is 5. The lowest BCUT2D eigenvalue weighted by Crippen LogP contribution is -2.35. The van der Waals surface area contributed by atoms with Crippen LogP contribution in [-0.4, -0.2) is 36.3 Å². The Bertz CT molecular complexity index is 1040. The van der Waals surface area contributed by atoms with Crippen LogP contribution in [0.2, 0.25) is 0 Å². The van der Waals surface area contributed by atoms with Gasteiger partial charge in [-0.25, -0.2) is 0 Å². The minimum absolute atomic E-state index is 0. The molecule has 0 radical (unpaired) electrons. The highest BCUT2D eigenvalue weighted by Crippen LogP contribution is 2.54. The summed E-state index contributed by atoms with van der Waals surface area (Å²) in [4.78, 5) is 17.1. The molecule has 5 heteroatoms. The highest BCUT2D eigenvalue weighted by molar-refractivity contribution is 5.94. The topological polar surface area (TPSA) is 36.7 Å².